The van der Waals surface area contributed by atoms with E-state index >= 15 is 0 Å². The molecule has 3 aromatic rings. The fourth-order valence-corrected chi connectivity index (χ4v) is 4.78. The molecule has 1 amide bonds. The van der Waals surface area contributed by atoms with Crippen LogP contribution < -0.4 is 10.0 Å². The molecule has 3 aromatic carbocycles. The molecule has 0 bridgehead atoms. The van der Waals surface area contributed by atoms with E-state index in [1.165, 1.54) is 13.2 Å². The summed E-state index contributed by atoms with van der Waals surface area (Å²) in [5, 5.41) is 2.75. The normalized spacial score (nSPS) is 11.1. The molecular weight excluding hydrogens is 440 g/mol. The third kappa shape index (κ3) is 5.06. The fraction of sp³-hybridized carbons (Fsp3) is 0.200. The number of aryl methyl sites for hydroxylation is 2. The fourth-order valence-electron chi connectivity index (χ4n) is 3.39. The lowest BCUT2D eigenvalue weighted by Crippen LogP contribution is -2.18. The molecule has 0 heterocycles. The van der Waals surface area contributed by atoms with Crippen LogP contribution in [0.1, 0.15) is 43.0 Å². The lowest BCUT2D eigenvalue weighted by Gasteiger charge is -2.15. The van der Waals surface area contributed by atoms with Gasteiger partial charge >= 0.3 is 5.97 Å². The van der Waals surface area contributed by atoms with Crippen LogP contribution in [0.15, 0.2) is 59.5 Å². The van der Waals surface area contributed by atoms with E-state index in [2.05, 4.69) is 10.0 Å². The number of esters is 1. The standard InChI is InChI=1S/C25H26N2O5S/c1-15-8-6-11-22(17(15)3)27-33(30,31)23-14-19(13-12-16(23)2)24(28)26-21-10-7-9-20(18(21)4)25(29)32-5/h6-14,27H,1-5H3,(H,26,28). The Morgan fingerprint density at radius 1 is 0.818 bits per heavy atom. The molecule has 0 unspecified atom stereocenters. The molecule has 0 aliphatic carbocycles. The van der Waals surface area contributed by atoms with Gasteiger partial charge in [-0.2, -0.15) is 0 Å². The number of hydrogen-bond acceptors (Lipinski definition) is 5. The SMILES string of the molecule is COC(=O)c1cccc(NC(=O)c2ccc(C)c(S(=O)(=O)Nc3cccc(C)c3C)c2)c1C. The van der Waals surface area contributed by atoms with Crippen molar-refractivity contribution in [3.8, 4) is 0 Å². The second-order valence-electron chi connectivity index (χ2n) is 7.76. The Hall–Kier alpha value is -3.65. The number of amides is 1. The smallest absolute Gasteiger partial charge is 0.338 e. The number of anilines is 2. The Morgan fingerprint density at radius 2 is 1.48 bits per heavy atom. The Kier molecular flexibility index (Phi) is 6.88. The quantitative estimate of drug-likeness (QED) is 0.510. The minimum atomic E-state index is -3.93. The van der Waals surface area contributed by atoms with Gasteiger partial charge in [-0.25, -0.2) is 13.2 Å². The van der Waals surface area contributed by atoms with Gasteiger partial charge in [0.1, 0.15) is 0 Å². The van der Waals surface area contributed by atoms with Crippen molar-refractivity contribution in [1.29, 1.82) is 0 Å². The maximum Gasteiger partial charge on any atom is 0.338 e. The summed E-state index contributed by atoms with van der Waals surface area (Å²) in [6.07, 6.45) is 0. The Bertz CT molecular complexity index is 1350. The number of carbonyl (C=O) groups excluding carboxylic acids is 2. The highest BCUT2D eigenvalue weighted by molar-refractivity contribution is 7.92. The van der Waals surface area contributed by atoms with E-state index in [9.17, 15) is 18.0 Å². The number of methoxy groups -OCH3 is 1. The van der Waals surface area contributed by atoms with Gasteiger partial charge in [0.05, 0.1) is 23.3 Å². The van der Waals surface area contributed by atoms with Gasteiger partial charge in [0.25, 0.3) is 15.9 Å². The van der Waals surface area contributed by atoms with Crippen molar-refractivity contribution < 1.29 is 22.7 Å². The lowest BCUT2D eigenvalue weighted by molar-refractivity contribution is 0.0599. The van der Waals surface area contributed by atoms with Crippen molar-refractivity contribution in [3.05, 3.63) is 88.0 Å². The number of carbonyl (C=O) groups is 2. The molecule has 0 radical (unpaired) electrons. The molecule has 0 spiro atoms. The monoisotopic (exact) mass is 466 g/mol. The van der Waals surface area contributed by atoms with Crippen molar-refractivity contribution >= 4 is 33.3 Å². The first-order valence-electron chi connectivity index (χ1n) is 10.2. The Morgan fingerprint density at radius 3 is 2.18 bits per heavy atom. The first-order chi connectivity index (χ1) is 15.5. The van der Waals surface area contributed by atoms with Crippen LogP contribution in [0.25, 0.3) is 0 Å². The molecule has 33 heavy (non-hydrogen) atoms. The predicted octanol–water partition coefficient (Wildman–Crippen LogP) is 4.76. The Labute approximate surface area is 193 Å². The average Bonchev–Trinajstić information content (AvgIpc) is 2.77. The van der Waals surface area contributed by atoms with E-state index in [0.717, 1.165) is 11.1 Å². The molecule has 0 saturated heterocycles. The van der Waals surface area contributed by atoms with Crippen molar-refractivity contribution in [2.24, 2.45) is 0 Å². The number of ether oxygens (including phenoxy) is 1. The zero-order valence-corrected chi connectivity index (χ0v) is 20.0. The number of rotatable bonds is 6. The van der Waals surface area contributed by atoms with E-state index in [1.807, 2.05) is 19.9 Å². The number of benzene rings is 3. The van der Waals surface area contributed by atoms with Crippen molar-refractivity contribution in [2.45, 2.75) is 32.6 Å². The zero-order valence-electron chi connectivity index (χ0n) is 19.1. The van der Waals surface area contributed by atoms with E-state index in [0.29, 0.717) is 28.1 Å². The van der Waals surface area contributed by atoms with Gasteiger partial charge in [-0.1, -0.05) is 24.3 Å². The van der Waals surface area contributed by atoms with E-state index < -0.39 is 21.9 Å². The minimum absolute atomic E-state index is 0.0103. The molecule has 0 aromatic heterocycles. The third-order valence-electron chi connectivity index (χ3n) is 5.58. The topological polar surface area (TPSA) is 102 Å². The molecule has 0 aliphatic rings. The van der Waals surface area contributed by atoms with Crippen LogP contribution in [0, 0.1) is 27.7 Å². The molecule has 3 rings (SSSR count). The molecule has 0 atom stereocenters. The van der Waals surface area contributed by atoms with E-state index in [1.54, 1.807) is 56.3 Å². The van der Waals surface area contributed by atoms with Crippen LogP contribution in [-0.4, -0.2) is 27.4 Å². The van der Waals surface area contributed by atoms with Crippen molar-refractivity contribution in [1.82, 2.24) is 0 Å². The van der Waals surface area contributed by atoms with Gasteiger partial charge in [0, 0.05) is 11.3 Å². The van der Waals surface area contributed by atoms with Crippen molar-refractivity contribution in [2.75, 3.05) is 17.1 Å². The molecule has 0 aliphatic heterocycles. The second-order valence-corrected chi connectivity index (χ2v) is 9.41. The number of sulfonamides is 1. The maximum absolute atomic E-state index is 13.1. The van der Waals surface area contributed by atoms with Gasteiger partial charge in [0.2, 0.25) is 0 Å². The highest BCUT2D eigenvalue weighted by Crippen LogP contribution is 2.25. The molecule has 8 heteroatoms. The number of hydrogen-bond donors (Lipinski definition) is 2. The molecule has 0 saturated carbocycles. The first-order valence-corrected chi connectivity index (χ1v) is 11.7. The second kappa shape index (κ2) is 9.46. The lowest BCUT2D eigenvalue weighted by atomic mass is 10.1. The summed E-state index contributed by atoms with van der Waals surface area (Å²) < 4.78 is 33.7. The minimum Gasteiger partial charge on any atom is -0.465 e. The largest absolute Gasteiger partial charge is 0.465 e. The van der Waals surface area contributed by atoms with Crippen LogP contribution in [0.4, 0.5) is 11.4 Å². The average molecular weight is 467 g/mol. The summed E-state index contributed by atoms with van der Waals surface area (Å²) in [4.78, 5) is 24.9. The summed E-state index contributed by atoms with van der Waals surface area (Å²) in [6.45, 7) is 7.11. The van der Waals surface area contributed by atoms with Crippen LogP contribution >= 0.6 is 0 Å². The summed E-state index contributed by atoms with van der Waals surface area (Å²) in [6, 6.07) is 14.8. The molecular formula is C25H26N2O5S. The third-order valence-corrected chi connectivity index (χ3v) is 7.08. The first kappa shape index (κ1) is 24.0. The van der Waals surface area contributed by atoms with Crippen LogP contribution in [-0.2, 0) is 14.8 Å². The molecule has 7 nitrogen and oxygen atoms in total. The number of nitrogens with one attached hydrogen (secondary N) is 2. The maximum atomic E-state index is 13.1. The van der Waals surface area contributed by atoms with Gasteiger partial charge in [0.15, 0.2) is 0 Å². The summed E-state index contributed by atoms with van der Waals surface area (Å²) in [5.74, 6) is -1.01. The molecule has 172 valence electrons. The van der Waals surface area contributed by atoms with Crippen molar-refractivity contribution in [3.63, 3.8) is 0 Å². The van der Waals surface area contributed by atoms with Crippen LogP contribution in [0.2, 0.25) is 0 Å². The molecule has 0 fully saturated rings. The van der Waals surface area contributed by atoms with E-state index in [4.69, 9.17) is 4.74 Å². The predicted molar refractivity (Wildman–Crippen MR) is 128 cm³/mol. The van der Waals surface area contributed by atoms with Crippen LogP contribution in [0.5, 0.6) is 0 Å². The highest BCUT2D eigenvalue weighted by atomic mass is 32.2. The summed E-state index contributed by atoms with van der Waals surface area (Å²) >= 11 is 0. The zero-order chi connectivity index (χ0) is 24.3. The van der Waals surface area contributed by atoms with Gasteiger partial charge < -0.3 is 10.1 Å². The van der Waals surface area contributed by atoms with Gasteiger partial charge in [-0.15, -0.1) is 0 Å². The van der Waals surface area contributed by atoms with E-state index in [-0.39, 0.29) is 10.5 Å². The highest BCUT2D eigenvalue weighted by Gasteiger charge is 2.21. The van der Waals surface area contributed by atoms with Gasteiger partial charge in [-0.3, -0.25) is 9.52 Å². The summed E-state index contributed by atoms with van der Waals surface area (Å²) in [5.41, 5.74) is 4.27. The Balaban J connectivity index is 1.92. The summed E-state index contributed by atoms with van der Waals surface area (Å²) in [7, 11) is -2.65. The van der Waals surface area contributed by atoms with Crippen LogP contribution in [0.3, 0.4) is 0 Å². The molecule has 2 N–H and O–H groups in total. The van der Waals surface area contributed by atoms with Gasteiger partial charge in [-0.05, 0) is 80.3 Å².